The summed E-state index contributed by atoms with van der Waals surface area (Å²) < 4.78 is 37.9. The molecule has 18 heavy (non-hydrogen) atoms. The van der Waals surface area contributed by atoms with Crippen LogP contribution in [0.25, 0.3) is 11.1 Å². The van der Waals surface area contributed by atoms with Crippen LogP contribution in [0, 0.1) is 6.92 Å². The molecule has 0 fully saturated rings. The Bertz CT molecular complexity index is 573. The van der Waals surface area contributed by atoms with Gasteiger partial charge in [-0.3, -0.25) is 0 Å². The van der Waals surface area contributed by atoms with Gasteiger partial charge in [-0.1, -0.05) is 29.8 Å². The molecule has 0 aromatic heterocycles. The second kappa shape index (κ2) is 4.69. The summed E-state index contributed by atoms with van der Waals surface area (Å²) in [7, 11) is 0. The zero-order valence-corrected chi connectivity index (χ0v) is 10.5. The third-order valence-electron chi connectivity index (χ3n) is 2.65. The van der Waals surface area contributed by atoms with Crippen LogP contribution >= 0.6 is 12.6 Å². The number of halogens is 3. The number of thiol groups is 1. The lowest BCUT2D eigenvalue weighted by atomic mass is 10.0. The van der Waals surface area contributed by atoms with Crippen LogP contribution in [0.3, 0.4) is 0 Å². The lowest BCUT2D eigenvalue weighted by molar-refractivity contribution is -0.137. The second-order valence-corrected chi connectivity index (χ2v) is 4.58. The van der Waals surface area contributed by atoms with E-state index < -0.39 is 11.7 Å². The Morgan fingerprint density at radius 2 is 1.72 bits per heavy atom. The first-order chi connectivity index (χ1) is 8.38. The van der Waals surface area contributed by atoms with E-state index in [0.717, 1.165) is 17.7 Å². The minimum atomic E-state index is -4.32. The molecule has 94 valence electrons. The van der Waals surface area contributed by atoms with Crippen LogP contribution in [-0.4, -0.2) is 0 Å². The quantitative estimate of drug-likeness (QED) is 0.694. The lowest BCUT2D eigenvalue weighted by Crippen LogP contribution is -2.04. The van der Waals surface area contributed by atoms with E-state index >= 15 is 0 Å². The molecule has 0 saturated carbocycles. The Kier molecular flexibility index (Phi) is 3.39. The molecule has 0 aliphatic carbocycles. The molecule has 0 unspecified atom stereocenters. The van der Waals surface area contributed by atoms with E-state index in [-0.39, 0.29) is 0 Å². The topological polar surface area (TPSA) is 0 Å². The van der Waals surface area contributed by atoms with Crippen molar-refractivity contribution < 1.29 is 13.2 Å². The van der Waals surface area contributed by atoms with Gasteiger partial charge >= 0.3 is 6.18 Å². The fraction of sp³-hybridized carbons (Fsp3) is 0.143. The normalized spacial score (nSPS) is 11.6. The molecule has 0 bridgehead atoms. The summed E-state index contributed by atoms with van der Waals surface area (Å²) in [6, 6.07) is 10.8. The van der Waals surface area contributed by atoms with E-state index in [4.69, 9.17) is 0 Å². The molecule has 0 saturated heterocycles. The number of hydrogen-bond acceptors (Lipinski definition) is 1. The first-order valence-electron chi connectivity index (χ1n) is 5.35. The Hall–Kier alpha value is -1.42. The van der Waals surface area contributed by atoms with Crippen LogP contribution in [0.4, 0.5) is 13.2 Å². The predicted octanol–water partition coefficient (Wildman–Crippen LogP) is 4.97. The highest BCUT2D eigenvalue weighted by Gasteiger charge is 2.30. The van der Waals surface area contributed by atoms with Gasteiger partial charge in [0.15, 0.2) is 0 Å². The van der Waals surface area contributed by atoms with Gasteiger partial charge in [-0.2, -0.15) is 13.2 Å². The van der Waals surface area contributed by atoms with Crippen molar-refractivity contribution in [2.24, 2.45) is 0 Å². The summed E-state index contributed by atoms with van der Waals surface area (Å²) in [6.07, 6.45) is -4.32. The summed E-state index contributed by atoms with van der Waals surface area (Å²) >= 11 is 4.28. The third-order valence-corrected chi connectivity index (χ3v) is 3.04. The summed E-state index contributed by atoms with van der Waals surface area (Å²) in [5, 5.41) is 0. The molecule has 4 heteroatoms. The highest BCUT2D eigenvalue weighted by Crippen LogP contribution is 2.34. The van der Waals surface area contributed by atoms with E-state index in [1.54, 1.807) is 12.1 Å². The molecule has 0 amide bonds. The van der Waals surface area contributed by atoms with Crippen LogP contribution in [0.15, 0.2) is 47.4 Å². The fourth-order valence-electron chi connectivity index (χ4n) is 1.74. The minimum Gasteiger partial charge on any atom is -0.166 e. The molecule has 2 rings (SSSR count). The van der Waals surface area contributed by atoms with E-state index in [9.17, 15) is 13.2 Å². The Morgan fingerprint density at radius 1 is 1.00 bits per heavy atom. The molecule has 0 heterocycles. The average molecular weight is 268 g/mol. The van der Waals surface area contributed by atoms with Gasteiger partial charge in [-0.15, -0.1) is 12.6 Å². The second-order valence-electron chi connectivity index (χ2n) is 4.10. The van der Waals surface area contributed by atoms with E-state index in [0.29, 0.717) is 16.0 Å². The van der Waals surface area contributed by atoms with Crippen molar-refractivity contribution in [2.45, 2.75) is 18.0 Å². The van der Waals surface area contributed by atoms with Crippen LogP contribution in [-0.2, 0) is 6.18 Å². The molecule has 0 nitrogen and oxygen atoms in total. The van der Waals surface area contributed by atoms with E-state index in [2.05, 4.69) is 12.6 Å². The molecule has 0 N–H and O–H groups in total. The standard InChI is InChI=1S/C14H11F3S/c1-9-5-6-13(18)12(7-9)10-3-2-4-11(8-10)14(15,16)17/h2-8,18H,1H3. The lowest BCUT2D eigenvalue weighted by Gasteiger charge is -2.10. The zero-order valence-electron chi connectivity index (χ0n) is 9.62. The molecule has 0 aliphatic heterocycles. The number of benzene rings is 2. The van der Waals surface area contributed by atoms with Crippen LogP contribution in [0.2, 0.25) is 0 Å². The molecular weight excluding hydrogens is 257 g/mol. The summed E-state index contributed by atoms with van der Waals surface area (Å²) in [6.45, 7) is 1.89. The van der Waals surface area contributed by atoms with Crippen molar-refractivity contribution in [3.63, 3.8) is 0 Å². The average Bonchev–Trinajstić information content (AvgIpc) is 2.31. The van der Waals surface area contributed by atoms with E-state index in [1.165, 1.54) is 6.07 Å². The predicted molar refractivity (Wildman–Crippen MR) is 68.9 cm³/mol. The van der Waals surface area contributed by atoms with Gasteiger partial charge < -0.3 is 0 Å². The molecule has 0 radical (unpaired) electrons. The fourth-order valence-corrected chi connectivity index (χ4v) is 2.01. The summed E-state index contributed by atoms with van der Waals surface area (Å²) in [4.78, 5) is 0.667. The summed E-state index contributed by atoms with van der Waals surface area (Å²) in [5.74, 6) is 0. The Balaban J connectivity index is 2.55. The summed E-state index contributed by atoms with van der Waals surface area (Å²) in [5.41, 5.74) is 1.58. The number of hydrogen-bond donors (Lipinski definition) is 1. The highest BCUT2D eigenvalue weighted by atomic mass is 32.1. The molecule has 2 aromatic rings. The van der Waals surface area contributed by atoms with Gasteiger partial charge in [0, 0.05) is 4.90 Å². The Morgan fingerprint density at radius 3 is 2.39 bits per heavy atom. The molecular formula is C14H11F3S. The SMILES string of the molecule is Cc1ccc(S)c(-c2cccc(C(F)(F)F)c2)c1. The van der Waals surface area contributed by atoms with Gasteiger partial charge in [0.25, 0.3) is 0 Å². The monoisotopic (exact) mass is 268 g/mol. The number of alkyl halides is 3. The minimum absolute atomic E-state index is 0.526. The zero-order chi connectivity index (χ0) is 13.3. The maximum Gasteiger partial charge on any atom is 0.416 e. The Labute approximate surface area is 109 Å². The van der Waals surface area contributed by atoms with Crippen molar-refractivity contribution >= 4 is 12.6 Å². The molecule has 0 atom stereocenters. The van der Waals surface area contributed by atoms with Gasteiger partial charge in [0.1, 0.15) is 0 Å². The van der Waals surface area contributed by atoms with Crippen LogP contribution in [0.1, 0.15) is 11.1 Å². The first kappa shape index (κ1) is 13.0. The number of aryl methyl sites for hydroxylation is 1. The van der Waals surface area contributed by atoms with Gasteiger partial charge in [-0.05, 0) is 36.2 Å². The maximum absolute atomic E-state index is 12.6. The van der Waals surface area contributed by atoms with Gasteiger partial charge in [0.05, 0.1) is 5.56 Å². The molecule has 2 aromatic carbocycles. The third kappa shape index (κ3) is 2.70. The van der Waals surface area contributed by atoms with Crippen molar-refractivity contribution in [2.75, 3.05) is 0 Å². The first-order valence-corrected chi connectivity index (χ1v) is 5.80. The largest absolute Gasteiger partial charge is 0.416 e. The van der Waals surface area contributed by atoms with Gasteiger partial charge in [0.2, 0.25) is 0 Å². The maximum atomic E-state index is 12.6. The van der Waals surface area contributed by atoms with Gasteiger partial charge in [-0.25, -0.2) is 0 Å². The molecule has 0 aliphatic rings. The van der Waals surface area contributed by atoms with Crippen molar-refractivity contribution in [1.29, 1.82) is 0 Å². The number of rotatable bonds is 1. The van der Waals surface area contributed by atoms with Crippen LogP contribution in [0.5, 0.6) is 0 Å². The van der Waals surface area contributed by atoms with Crippen molar-refractivity contribution in [1.82, 2.24) is 0 Å². The van der Waals surface area contributed by atoms with E-state index in [1.807, 2.05) is 19.1 Å². The smallest absolute Gasteiger partial charge is 0.166 e. The van der Waals surface area contributed by atoms with Crippen molar-refractivity contribution in [3.05, 3.63) is 53.6 Å². The van der Waals surface area contributed by atoms with Crippen LogP contribution < -0.4 is 0 Å². The molecule has 0 spiro atoms. The van der Waals surface area contributed by atoms with Crippen molar-refractivity contribution in [3.8, 4) is 11.1 Å². The highest BCUT2D eigenvalue weighted by molar-refractivity contribution is 7.80.